The maximum absolute atomic E-state index is 14.4. The van der Waals surface area contributed by atoms with Crippen LogP contribution < -0.4 is 54.4 Å². The number of primary amides is 2. The average molecular weight is 1110 g/mol. The topological polar surface area (TPSA) is 470 Å². The summed E-state index contributed by atoms with van der Waals surface area (Å²) < 4.78 is 0. The molecule has 1 aliphatic rings. The number of likely N-dealkylation sites (tertiary alicyclic amines) is 1. The van der Waals surface area contributed by atoms with Crippen LogP contribution in [0.1, 0.15) is 77.3 Å². The highest BCUT2D eigenvalue weighted by Crippen LogP contribution is 2.23. The second-order valence-corrected chi connectivity index (χ2v) is 19.7. The molecule has 2 aromatic carbocycles. The van der Waals surface area contributed by atoms with E-state index in [4.69, 9.17) is 17.2 Å². The number of carboxylic acids is 1. The van der Waals surface area contributed by atoms with Crippen molar-refractivity contribution in [3.8, 4) is 5.75 Å². The lowest BCUT2D eigenvalue weighted by molar-refractivity contribution is -0.146. The molecule has 0 spiro atoms. The van der Waals surface area contributed by atoms with Crippen molar-refractivity contribution < 1.29 is 78.3 Å². The van der Waals surface area contributed by atoms with Crippen LogP contribution in [0.5, 0.6) is 5.75 Å². The first kappa shape index (κ1) is 63.3. The number of aromatic nitrogens is 1. The van der Waals surface area contributed by atoms with Gasteiger partial charge in [0.25, 0.3) is 0 Å². The molecule has 4 rings (SSSR count). The zero-order chi connectivity index (χ0) is 58.8. The Balaban J connectivity index is 1.51. The van der Waals surface area contributed by atoms with Crippen molar-refractivity contribution in [2.45, 2.75) is 146 Å². The molecule has 11 atom stereocenters. The van der Waals surface area contributed by atoms with Crippen LogP contribution in [0, 0.1) is 5.92 Å². The maximum atomic E-state index is 14.4. The van der Waals surface area contributed by atoms with E-state index in [0.717, 1.165) is 12.4 Å². The first-order valence-electron chi connectivity index (χ1n) is 25.5. The molecular weight excluding hydrogens is 1040 g/mol. The molecule has 1 saturated heterocycles. The molecule has 0 radical (unpaired) electrons. The van der Waals surface area contributed by atoms with E-state index in [2.05, 4.69) is 42.2 Å². The molecule has 0 aliphatic carbocycles. The molecule has 0 saturated carbocycles. The number of rotatable bonds is 30. The number of hydrogen-bond acceptors (Lipinski definition) is 16. The molecule has 0 bridgehead atoms. The van der Waals surface area contributed by atoms with Gasteiger partial charge in [0, 0.05) is 49.3 Å². The van der Waals surface area contributed by atoms with Crippen molar-refractivity contribution in [2.24, 2.45) is 23.1 Å². The third-order valence-electron chi connectivity index (χ3n) is 13.1. The molecular formula is C51H72N12O16. The summed E-state index contributed by atoms with van der Waals surface area (Å²) in [5, 5.41) is 68.4. The van der Waals surface area contributed by atoms with Crippen molar-refractivity contribution in [2.75, 3.05) is 13.2 Å². The van der Waals surface area contributed by atoms with E-state index in [-0.39, 0.29) is 50.8 Å². The van der Waals surface area contributed by atoms with Crippen LogP contribution in [0.2, 0.25) is 0 Å². The van der Waals surface area contributed by atoms with E-state index in [9.17, 15) is 78.3 Å². The van der Waals surface area contributed by atoms with Gasteiger partial charge < -0.3 is 89.8 Å². The van der Waals surface area contributed by atoms with Crippen molar-refractivity contribution in [1.29, 1.82) is 0 Å². The van der Waals surface area contributed by atoms with E-state index in [0.29, 0.717) is 22.9 Å². The van der Waals surface area contributed by atoms with Gasteiger partial charge in [-0.1, -0.05) is 44.2 Å². The predicted molar refractivity (Wildman–Crippen MR) is 280 cm³/mol. The number of aliphatic hydroxyl groups excluding tert-OH is 3. The van der Waals surface area contributed by atoms with Gasteiger partial charge in [0.2, 0.25) is 59.1 Å². The molecule has 0 unspecified atom stereocenters. The monoisotopic (exact) mass is 1110 g/mol. The number of aromatic hydroxyl groups is 1. The summed E-state index contributed by atoms with van der Waals surface area (Å²) in [5.41, 5.74) is 18.0. The van der Waals surface area contributed by atoms with Gasteiger partial charge in [-0.05, 0) is 74.8 Å². The highest BCUT2D eigenvalue weighted by molar-refractivity contribution is 5.99. The van der Waals surface area contributed by atoms with Gasteiger partial charge in [0.05, 0.1) is 24.9 Å². The van der Waals surface area contributed by atoms with Gasteiger partial charge in [-0.25, -0.2) is 4.79 Å². The number of carbonyl (C=O) groups is 11. The van der Waals surface area contributed by atoms with E-state index in [1.165, 1.54) is 36.1 Å². The lowest BCUT2D eigenvalue weighted by atomic mass is 10.0. The number of amides is 10. The minimum Gasteiger partial charge on any atom is -0.508 e. The van der Waals surface area contributed by atoms with Crippen LogP contribution in [0.25, 0.3) is 10.9 Å². The normalized spacial score (nSPS) is 17.0. The predicted octanol–water partition coefficient (Wildman–Crippen LogP) is -4.60. The molecule has 1 fully saturated rings. The summed E-state index contributed by atoms with van der Waals surface area (Å²) in [7, 11) is 0. The van der Waals surface area contributed by atoms with E-state index in [1.807, 2.05) is 0 Å². The lowest BCUT2D eigenvalue weighted by Gasteiger charge is -2.33. The van der Waals surface area contributed by atoms with E-state index in [1.54, 1.807) is 44.3 Å². The van der Waals surface area contributed by atoms with Crippen LogP contribution in [0.3, 0.4) is 0 Å². The number of fused-ring (bicyclic) bond motifs is 1. The molecule has 10 amide bonds. The second kappa shape index (κ2) is 29.5. The molecule has 3 aromatic rings. The van der Waals surface area contributed by atoms with Crippen molar-refractivity contribution in [3.63, 3.8) is 0 Å². The Morgan fingerprint density at radius 1 is 0.646 bits per heavy atom. The summed E-state index contributed by atoms with van der Waals surface area (Å²) in [6, 6.07) is -1.40. The molecule has 432 valence electrons. The second-order valence-electron chi connectivity index (χ2n) is 19.7. The van der Waals surface area contributed by atoms with Gasteiger partial charge in [0.1, 0.15) is 48.0 Å². The number of nitrogens with one attached hydrogen (secondary N) is 8. The highest BCUT2D eigenvalue weighted by atomic mass is 16.4. The third kappa shape index (κ3) is 18.5. The average Bonchev–Trinajstić information content (AvgIpc) is 4.06. The van der Waals surface area contributed by atoms with Gasteiger partial charge >= 0.3 is 5.97 Å². The van der Waals surface area contributed by atoms with Crippen molar-refractivity contribution in [3.05, 3.63) is 65.9 Å². The zero-order valence-electron chi connectivity index (χ0n) is 44.1. The van der Waals surface area contributed by atoms with Crippen LogP contribution in [0.4, 0.5) is 0 Å². The first-order valence-corrected chi connectivity index (χ1v) is 25.5. The SMILES string of the molecule is CC(C)[C@H](NC(=O)[C@@H](NC(=O)[C@H](CO)NC(=O)[C@H](Cc1ccc(O)cc1)NC(=O)[C@H](CCC(N)=O)NC(=O)[C@@H](N)CCC(N)=O)[C@@H](C)O)C(=O)N1CCC[C@H]1C(=O)N[C@@H](Cc1c[nH]c2ccccc12)C(=O)N[C@H](C(=O)O)[C@@H](C)O. The van der Waals surface area contributed by atoms with Gasteiger partial charge in [0.15, 0.2) is 6.04 Å². The van der Waals surface area contributed by atoms with Crippen LogP contribution >= 0.6 is 0 Å². The first-order chi connectivity index (χ1) is 37.2. The Labute approximate surface area is 453 Å². The number of H-pyrrole nitrogens is 1. The Kier molecular flexibility index (Phi) is 23.7. The fraction of sp³-hybridized carbons (Fsp3) is 0.510. The smallest absolute Gasteiger partial charge is 0.328 e. The molecule has 1 aromatic heterocycles. The van der Waals surface area contributed by atoms with Gasteiger partial charge in [-0.15, -0.1) is 0 Å². The number of aliphatic carboxylic acids is 1. The summed E-state index contributed by atoms with van der Waals surface area (Å²) >= 11 is 0. The number of phenolic OH excluding ortho intramolecular Hbond substituents is 1. The number of carboxylic acid groups (broad SMARTS) is 1. The molecule has 79 heavy (non-hydrogen) atoms. The van der Waals surface area contributed by atoms with E-state index < -0.39 is 151 Å². The summed E-state index contributed by atoms with van der Waals surface area (Å²) in [6.45, 7) is 4.37. The Morgan fingerprint density at radius 2 is 1.18 bits per heavy atom. The lowest BCUT2D eigenvalue weighted by Crippen LogP contribution is -2.63. The summed E-state index contributed by atoms with van der Waals surface area (Å²) in [5.74, 6) is -11.8. The largest absolute Gasteiger partial charge is 0.508 e. The molecule has 28 heteroatoms. The number of benzene rings is 2. The highest BCUT2D eigenvalue weighted by Gasteiger charge is 2.42. The van der Waals surface area contributed by atoms with Crippen LogP contribution in [0.15, 0.2) is 54.7 Å². The fourth-order valence-electron chi connectivity index (χ4n) is 8.62. The fourth-order valence-corrected chi connectivity index (χ4v) is 8.62. The van der Waals surface area contributed by atoms with Gasteiger partial charge in [-0.3, -0.25) is 47.9 Å². The Hall–Kier alpha value is -8.21. The van der Waals surface area contributed by atoms with E-state index >= 15 is 0 Å². The number of aromatic amines is 1. The number of nitrogens with zero attached hydrogens (tertiary/aromatic N) is 1. The standard InChI is InChI=1S/C51H72N12O16/c1-24(2)40(50(77)63-19-7-10-37(63)48(75)58-35(46(73)62-42(26(4)66)51(78)79)21-28-22-55-32-9-6-5-8-30(28)32)60-49(76)41(25(3)65)61-47(74)36(23-64)59-45(72)34(20-27-11-13-29(67)14-12-27)57-44(71)33(16-18-39(54)69)56-43(70)31(52)15-17-38(53)68/h5-6,8-9,11-14,22,24-26,31,33-37,40-42,55,64-67H,7,10,15-21,23,52H2,1-4H3,(H2,53,68)(H2,54,69)(H,56,70)(H,57,71)(H,58,75)(H,59,72)(H,60,76)(H,61,74)(H,62,73)(H,78,79)/t25-,26-,31+,33+,34+,35+,36+,37+,40+,41+,42+/m1/s1. The van der Waals surface area contributed by atoms with Crippen molar-refractivity contribution in [1.82, 2.24) is 47.1 Å². The molecule has 2 heterocycles. The number of phenols is 1. The van der Waals surface area contributed by atoms with Gasteiger partial charge in [-0.2, -0.15) is 0 Å². The van der Waals surface area contributed by atoms with Crippen LogP contribution in [-0.4, -0.2) is 180 Å². The molecule has 28 nitrogen and oxygen atoms in total. The molecule has 1 aliphatic heterocycles. The molecule has 19 N–H and O–H groups in total. The van der Waals surface area contributed by atoms with Crippen LogP contribution in [-0.2, 0) is 65.6 Å². The summed E-state index contributed by atoms with van der Waals surface area (Å²) in [4.78, 5) is 150. The number of para-hydroxylation sites is 1. The Bertz CT molecular complexity index is 2680. The number of hydrogen-bond donors (Lipinski definition) is 16. The Morgan fingerprint density at radius 3 is 1.77 bits per heavy atom. The minimum atomic E-state index is -1.87. The number of carbonyl (C=O) groups excluding carboxylic acids is 10. The zero-order valence-corrected chi connectivity index (χ0v) is 44.1. The maximum Gasteiger partial charge on any atom is 0.328 e. The number of nitrogens with two attached hydrogens (primary N) is 3. The number of aliphatic hydroxyl groups is 3. The van der Waals surface area contributed by atoms with Crippen molar-refractivity contribution >= 4 is 75.9 Å². The summed E-state index contributed by atoms with van der Waals surface area (Å²) in [6.07, 6.45) is -2.86. The quantitative estimate of drug-likeness (QED) is 0.0299. The third-order valence-corrected chi connectivity index (χ3v) is 13.1. The minimum absolute atomic E-state index is 0.0241.